The monoisotopic (exact) mass is 224 g/mol. The molecular weight excluding hydrogens is 204 g/mol. The Morgan fingerprint density at radius 1 is 1.44 bits per heavy atom. The van der Waals surface area contributed by atoms with E-state index in [1.807, 2.05) is 27.7 Å². The summed E-state index contributed by atoms with van der Waals surface area (Å²) in [6.07, 6.45) is 1.46. The van der Waals surface area contributed by atoms with Crippen LogP contribution in [-0.4, -0.2) is 35.2 Å². The highest BCUT2D eigenvalue weighted by molar-refractivity contribution is 5.68. The van der Waals surface area contributed by atoms with Crippen molar-refractivity contribution >= 4 is 6.09 Å². The van der Waals surface area contributed by atoms with Gasteiger partial charge in [-0.05, 0) is 34.1 Å². The molecule has 1 heterocycles. The van der Waals surface area contributed by atoms with E-state index in [9.17, 15) is 4.79 Å². The van der Waals surface area contributed by atoms with Crippen molar-refractivity contribution in [3.63, 3.8) is 0 Å². The van der Waals surface area contributed by atoms with Crippen molar-refractivity contribution in [2.45, 2.75) is 58.2 Å². The van der Waals surface area contributed by atoms with Crippen LogP contribution in [0, 0.1) is 6.57 Å². The number of carbonyl (C=O) groups excluding carboxylic acids is 1. The van der Waals surface area contributed by atoms with E-state index in [-0.39, 0.29) is 18.2 Å². The molecule has 1 aliphatic heterocycles. The Balaban J connectivity index is 2.63. The van der Waals surface area contributed by atoms with Crippen LogP contribution in [0.5, 0.6) is 0 Å². The lowest BCUT2D eigenvalue weighted by atomic mass is 10.0. The molecule has 1 rings (SSSR count). The summed E-state index contributed by atoms with van der Waals surface area (Å²) >= 11 is 0. The Hall–Kier alpha value is -1.24. The van der Waals surface area contributed by atoms with Crippen molar-refractivity contribution in [1.82, 2.24) is 4.90 Å². The summed E-state index contributed by atoms with van der Waals surface area (Å²) in [6.45, 7) is 15.1. The Kier molecular flexibility index (Phi) is 3.79. The fourth-order valence-electron chi connectivity index (χ4n) is 1.77. The van der Waals surface area contributed by atoms with Gasteiger partial charge in [0, 0.05) is 12.5 Å². The lowest BCUT2D eigenvalue weighted by Gasteiger charge is -2.34. The molecule has 1 saturated heterocycles. The largest absolute Gasteiger partial charge is 0.444 e. The Labute approximate surface area is 97.4 Å². The van der Waals surface area contributed by atoms with E-state index >= 15 is 0 Å². The second-order valence-corrected chi connectivity index (χ2v) is 5.34. The molecule has 1 fully saturated rings. The summed E-state index contributed by atoms with van der Waals surface area (Å²) < 4.78 is 5.32. The van der Waals surface area contributed by atoms with Gasteiger partial charge in [0.25, 0.3) is 0 Å². The highest BCUT2D eigenvalue weighted by atomic mass is 16.6. The molecule has 16 heavy (non-hydrogen) atoms. The van der Waals surface area contributed by atoms with Gasteiger partial charge in [0.1, 0.15) is 5.60 Å². The number of hydrogen-bond acceptors (Lipinski definition) is 2. The third-order valence-corrected chi connectivity index (χ3v) is 2.67. The van der Waals surface area contributed by atoms with Crippen LogP contribution in [0.3, 0.4) is 0 Å². The van der Waals surface area contributed by atoms with E-state index in [4.69, 9.17) is 11.3 Å². The predicted molar refractivity (Wildman–Crippen MR) is 62.0 cm³/mol. The van der Waals surface area contributed by atoms with Crippen LogP contribution in [0.15, 0.2) is 0 Å². The van der Waals surface area contributed by atoms with Gasteiger partial charge in [0.2, 0.25) is 6.04 Å². The molecule has 2 atom stereocenters. The van der Waals surface area contributed by atoms with Gasteiger partial charge >= 0.3 is 6.09 Å². The summed E-state index contributed by atoms with van der Waals surface area (Å²) in [6, 6.07) is 0.108. The highest BCUT2D eigenvalue weighted by Gasteiger charge is 2.34. The number of rotatable bonds is 0. The van der Waals surface area contributed by atoms with Gasteiger partial charge in [-0.15, -0.1) is 0 Å². The van der Waals surface area contributed by atoms with E-state index < -0.39 is 5.60 Å². The fraction of sp³-hybridized carbons (Fsp3) is 0.833. The van der Waals surface area contributed by atoms with E-state index in [2.05, 4.69) is 4.85 Å². The van der Waals surface area contributed by atoms with Crippen molar-refractivity contribution < 1.29 is 9.53 Å². The van der Waals surface area contributed by atoms with Gasteiger partial charge in [0.15, 0.2) is 0 Å². The molecule has 0 radical (unpaired) electrons. The van der Waals surface area contributed by atoms with Crippen LogP contribution in [0.25, 0.3) is 4.85 Å². The average Bonchev–Trinajstić information content (AvgIpc) is 2.15. The maximum atomic E-state index is 11.9. The number of carbonyl (C=O) groups is 1. The van der Waals surface area contributed by atoms with Crippen LogP contribution in [0.1, 0.15) is 40.5 Å². The first-order valence-electron chi connectivity index (χ1n) is 5.69. The molecular formula is C12H20N2O2. The molecule has 0 spiro atoms. The number of ether oxygens (including phenoxy) is 1. The topological polar surface area (TPSA) is 33.9 Å². The SMILES string of the molecule is [C-]#[N+]C1CCC(C)N(C(=O)OC(C)(C)C)C1. The minimum absolute atomic E-state index is 0.0660. The third-order valence-electron chi connectivity index (χ3n) is 2.67. The normalized spacial score (nSPS) is 26.1. The predicted octanol–water partition coefficient (Wildman–Crippen LogP) is 2.69. The average molecular weight is 224 g/mol. The van der Waals surface area contributed by atoms with Gasteiger partial charge in [-0.3, -0.25) is 4.90 Å². The number of hydrogen-bond donors (Lipinski definition) is 0. The first-order valence-corrected chi connectivity index (χ1v) is 5.69. The van der Waals surface area contributed by atoms with Crippen molar-refractivity contribution in [3.05, 3.63) is 11.4 Å². The minimum atomic E-state index is -0.470. The van der Waals surface area contributed by atoms with Gasteiger partial charge < -0.3 is 9.58 Å². The van der Waals surface area contributed by atoms with E-state index in [0.29, 0.717) is 6.54 Å². The Bertz CT molecular complexity index is 301. The zero-order valence-corrected chi connectivity index (χ0v) is 10.5. The van der Waals surface area contributed by atoms with Crippen molar-refractivity contribution in [1.29, 1.82) is 0 Å². The van der Waals surface area contributed by atoms with Crippen LogP contribution in [0.4, 0.5) is 4.79 Å². The van der Waals surface area contributed by atoms with Crippen molar-refractivity contribution in [3.8, 4) is 0 Å². The molecule has 90 valence electrons. The smallest absolute Gasteiger partial charge is 0.410 e. The maximum absolute atomic E-state index is 11.9. The molecule has 1 aliphatic rings. The molecule has 2 unspecified atom stereocenters. The van der Waals surface area contributed by atoms with E-state index in [1.165, 1.54) is 0 Å². The quantitative estimate of drug-likeness (QED) is 0.593. The molecule has 0 saturated carbocycles. The summed E-state index contributed by atoms with van der Waals surface area (Å²) in [5.74, 6) is 0. The molecule has 0 aromatic heterocycles. The third kappa shape index (κ3) is 3.41. The number of nitrogens with zero attached hydrogens (tertiary/aromatic N) is 2. The van der Waals surface area contributed by atoms with Gasteiger partial charge in [-0.1, -0.05) is 0 Å². The number of amides is 1. The Morgan fingerprint density at radius 3 is 2.56 bits per heavy atom. The molecule has 0 bridgehead atoms. The molecule has 0 aromatic rings. The van der Waals surface area contributed by atoms with Crippen LogP contribution >= 0.6 is 0 Å². The molecule has 1 amide bonds. The first kappa shape index (κ1) is 12.8. The number of likely N-dealkylation sites (tertiary alicyclic amines) is 1. The van der Waals surface area contributed by atoms with Gasteiger partial charge in [0.05, 0.1) is 6.54 Å². The zero-order chi connectivity index (χ0) is 12.3. The maximum Gasteiger partial charge on any atom is 0.410 e. The van der Waals surface area contributed by atoms with E-state index in [1.54, 1.807) is 4.90 Å². The summed E-state index contributed by atoms with van der Waals surface area (Å²) in [7, 11) is 0. The van der Waals surface area contributed by atoms with Crippen molar-refractivity contribution in [2.24, 2.45) is 0 Å². The van der Waals surface area contributed by atoms with Crippen LogP contribution < -0.4 is 0 Å². The minimum Gasteiger partial charge on any atom is -0.444 e. The molecule has 0 N–H and O–H groups in total. The van der Waals surface area contributed by atoms with Crippen LogP contribution in [0.2, 0.25) is 0 Å². The highest BCUT2D eigenvalue weighted by Crippen LogP contribution is 2.21. The van der Waals surface area contributed by atoms with Gasteiger partial charge in [-0.25, -0.2) is 11.4 Å². The summed E-state index contributed by atoms with van der Waals surface area (Å²) in [5.41, 5.74) is -0.470. The second kappa shape index (κ2) is 4.73. The fourth-order valence-corrected chi connectivity index (χ4v) is 1.77. The summed E-state index contributed by atoms with van der Waals surface area (Å²) in [5, 5.41) is 0. The summed E-state index contributed by atoms with van der Waals surface area (Å²) in [4.78, 5) is 17.1. The zero-order valence-electron chi connectivity index (χ0n) is 10.5. The first-order chi connectivity index (χ1) is 7.33. The molecule has 0 aliphatic carbocycles. The number of piperidine rings is 1. The molecule has 4 nitrogen and oxygen atoms in total. The Morgan fingerprint density at radius 2 is 2.06 bits per heavy atom. The lowest BCUT2D eigenvalue weighted by Crippen LogP contribution is -2.48. The second-order valence-electron chi connectivity index (χ2n) is 5.34. The van der Waals surface area contributed by atoms with E-state index in [0.717, 1.165) is 12.8 Å². The molecule has 4 heteroatoms. The van der Waals surface area contributed by atoms with Crippen LogP contribution in [-0.2, 0) is 4.74 Å². The molecule has 0 aromatic carbocycles. The lowest BCUT2D eigenvalue weighted by molar-refractivity contribution is 0.0113. The standard InChI is InChI=1S/C12H20N2O2/c1-9-6-7-10(13-5)8-14(9)11(15)16-12(2,3)4/h9-10H,6-8H2,1-4H3. The van der Waals surface area contributed by atoms with Crippen molar-refractivity contribution in [2.75, 3.05) is 6.54 Å². The van der Waals surface area contributed by atoms with Gasteiger partial charge in [-0.2, -0.15) is 0 Å².